The molecule has 0 bridgehead atoms. The van der Waals surface area contributed by atoms with E-state index in [-0.39, 0.29) is 17.7 Å². The fourth-order valence-corrected chi connectivity index (χ4v) is 2.36. The second-order valence-electron chi connectivity index (χ2n) is 4.95. The Morgan fingerprint density at radius 2 is 1.90 bits per heavy atom. The molecule has 1 aliphatic heterocycles. The maximum atomic E-state index is 12.1. The van der Waals surface area contributed by atoms with Crippen molar-refractivity contribution in [3.05, 3.63) is 29.8 Å². The summed E-state index contributed by atoms with van der Waals surface area (Å²) in [5.41, 5.74) is 0.794. The molecule has 0 aromatic heterocycles. The Hall–Kier alpha value is -2.08. The number of nitrogens with zero attached hydrogens (tertiary/aromatic N) is 1. The monoisotopic (exact) mass is 292 g/mol. The molecule has 1 aromatic carbocycles. The summed E-state index contributed by atoms with van der Waals surface area (Å²) in [5, 5.41) is 11.6. The first-order valence-corrected chi connectivity index (χ1v) is 7.11. The van der Waals surface area contributed by atoms with E-state index < -0.39 is 5.97 Å². The van der Waals surface area contributed by atoms with Crippen molar-refractivity contribution in [1.29, 1.82) is 0 Å². The first-order chi connectivity index (χ1) is 10.1. The Morgan fingerprint density at radius 3 is 2.43 bits per heavy atom. The maximum absolute atomic E-state index is 12.1. The van der Waals surface area contributed by atoms with Crippen LogP contribution in [0.5, 0.6) is 0 Å². The van der Waals surface area contributed by atoms with E-state index in [1.165, 1.54) is 12.1 Å². The molecule has 1 saturated heterocycles. The molecule has 6 heteroatoms. The van der Waals surface area contributed by atoms with Crippen LogP contribution in [0.3, 0.4) is 0 Å². The molecule has 21 heavy (non-hydrogen) atoms. The minimum atomic E-state index is -0.981. The molecule has 1 heterocycles. The van der Waals surface area contributed by atoms with Crippen LogP contribution in [0.4, 0.5) is 10.5 Å². The van der Waals surface area contributed by atoms with Crippen molar-refractivity contribution in [2.75, 3.05) is 25.0 Å². The van der Waals surface area contributed by atoms with Gasteiger partial charge in [-0.3, -0.25) is 0 Å². The fourth-order valence-electron chi connectivity index (χ4n) is 2.36. The quantitative estimate of drug-likeness (QED) is 0.893. The standard InChI is InChI=1S/C15H20N2O4/c1-2-21-13-7-9-17(10-8-13)15(20)16-12-5-3-11(4-6-12)14(18)19/h3-6,13H,2,7-10H2,1H3,(H,16,20)(H,18,19). The molecule has 0 atom stereocenters. The third-order valence-electron chi connectivity index (χ3n) is 3.51. The molecule has 1 aliphatic rings. The average molecular weight is 292 g/mol. The molecule has 0 saturated carbocycles. The lowest BCUT2D eigenvalue weighted by atomic mass is 10.1. The van der Waals surface area contributed by atoms with Gasteiger partial charge in [0.25, 0.3) is 0 Å². The van der Waals surface area contributed by atoms with E-state index in [0.29, 0.717) is 25.4 Å². The highest BCUT2D eigenvalue weighted by Crippen LogP contribution is 2.16. The van der Waals surface area contributed by atoms with Crippen molar-refractivity contribution < 1.29 is 19.4 Å². The first-order valence-electron chi connectivity index (χ1n) is 7.11. The summed E-state index contributed by atoms with van der Waals surface area (Å²) >= 11 is 0. The number of carbonyl (C=O) groups excluding carboxylic acids is 1. The lowest BCUT2D eigenvalue weighted by molar-refractivity contribution is 0.0232. The third-order valence-corrected chi connectivity index (χ3v) is 3.51. The molecule has 0 unspecified atom stereocenters. The number of rotatable bonds is 4. The Bertz CT molecular complexity index is 493. The summed E-state index contributed by atoms with van der Waals surface area (Å²) in [6.45, 7) is 4.01. The van der Waals surface area contributed by atoms with E-state index in [0.717, 1.165) is 12.8 Å². The number of aromatic carboxylic acids is 1. The third kappa shape index (κ3) is 4.19. The Labute approximate surface area is 123 Å². The molecule has 2 N–H and O–H groups in total. The number of carboxylic acids is 1. The molecule has 0 radical (unpaired) electrons. The number of hydrogen-bond donors (Lipinski definition) is 2. The number of benzene rings is 1. The molecule has 1 aromatic rings. The minimum Gasteiger partial charge on any atom is -0.478 e. The summed E-state index contributed by atoms with van der Waals surface area (Å²) < 4.78 is 5.55. The van der Waals surface area contributed by atoms with E-state index in [1.54, 1.807) is 17.0 Å². The summed E-state index contributed by atoms with van der Waals surface area (Å²) in [4.78, 5) is 24.6. The topological polar surface area (TPSA) is 78.9 Å². The van der Waals surface area contributed by atoms with E-state index in [1.807, 2.05) is 6.92 Å². The summed E-state index contributed by atoms with van der Waals surface area (Å²) in [5.74, 6) is -0.981. The number of ether oxygens (including phenoxy) is 1. The fraction of sp³-hybridized carbons (Fsp3) is 0.467. The van der Waals surface area contributed by atoms with Gasteiger partial charge < -0.3 is 20.1 Å². The normalized spacial score (nSPS) is 15.8. The van der Waals surface area contributed by atoms with Gasteiger partial charge in [0.2, 0.25) is 0 Å². The van der Waals surface area contributed by atoms with Gasteiger partial charge in [0.05, 0.1) is 11.7 Å². The van der Waals surface area contributed by atoms with Gasteiger partial charge in [-0.15, -0.1) is 0 Å². The largest absolute Gasteiger partial charge is 0.478 e. The highest BCUT2D eigenvalue weighted by Gasteiger charge is 2.22. The number of piperidine rings is 1. The van der Waals surface area contributed by atoms with Crippen LogP contribution in [-0.2, 0) is 4.74 Å². The van der Waals surface area contributed by atoms with Gasteiger partial charge >= 0.3 is 12.0 Å². The predicted molar refractivity (Wildman–Crippen MR) is 78.6 cm³/mol. The Kier molecular flexibility index (Phi) is 5.16. The van der Waals surface area contributed by atoms with Gasteiger partial charge in [-0.2, -0.15) is 0 Å². The predicted octanol–water partition coefficient (Wildman–Crippen LogP) is 2.42. The summed E-state index contributed by atoms with van der Waals surface area (Å²) in [6.07, 6.45) is 1.94. The molecule has 6 nitrogen and oxygen atoms in total. The van der Waals surface area contributed by atoms with Crippen molar-refractivity contribution in [3.8, 4) is 0 Å². The SMILES string of the molecule is CCOC1CCN(C(=O)Nc2ccc(C(=O)O)cc2)CC1. The van der Waals surface area contributed by atoms with E-state index in [4.69, 9.17) is 9.84 Å². The van der Waals surface area contributed by atoms with Gasteiger partial charge in [-0.1, -0.05) is 0 Å². The number of urea groups is 1. The zero-order valence-electron chi connectivity index (χ0n) is 12.0. The Balaban J connectivity index is 1.86. The number of carboxylic acid groups (broad SMARTS) is 1. The first kappa shape index (κ1) is 15.3. The number of nitrogens with one attached hydrogen (secondary N) is 1. The van der Waals surface area contributed by atoms with Crippen molar-refractivity contribution >= 4 is 17.7 Å². The van der Waals surface area contributed by atoms with Crippen LogP contribution in [0.1, 0.15) is 30.1 Å². The molecule has 1 fully saturated rings. The molecular formula is C15H20N2O4. The van der Waals surface area contributed by atoms with Crippen molar-refractivity contribution in [2.45, 2.75) is 25.9 Å². The number of carbonyl (C=O) groups is 2. The summed E-state index contributed by atoms with van der Waals surface area (Å²) in [6, 6.07) is 5.97. The summed E-state index contributed by atoms with van der Waals surface area (Å²) in [7, 11) is 0. The number of likely N-dealkylation sites (tertiary alicyclic amines) is 1. The van der Waals surface area contributed by atoms with Crippen molar-refractivity contribution in [1.82, 2.24) is 4.90 Å². The minimum absolute atomic E-state index is 0.159. The van der Waals surface area contributed by atoms with Gasteiger partial charge in [-0.05, 0) is 44.0 Å². The highest BCUT2D eigenvalue weighted by molar-refractivity contribution is 5.91. The highest BCUT2D eigenvalue weighted by atomic mass is 16.5. The zero-order valence-corrected chi connectivity index (χ0v) is 12.0. The molecule has 114 valence electrons. The van der Waals surface area contributed by atoms with E-state index in [9.17, 15) is 9.59 Å². The van der Waals surface area contributed by atoms with Crippen LogP contribution in [0.25, 0.3) is 0 Å². The maximum Gasteiger partial charge on any atom is 0.335 e. The van der Waals surface area contributed by atoms with Crippen LogP contribution in [0.15, 0.2) is 24.3 Å². The van der Waals surface area contributed by atoms with Gasteiger partial charge in [0, 0.05) is 25.4 Å². The van der Waals surface area contributed by atoms with Crippen LogP contribution in [0, 0.1) is 0 Å². The zero-order chi connectivity index (χ0) is 15.2. The van der Waals surface area contributed by atoms with Crippen LogP contribution < -0.4 is 5.32 Å². The van der Waals surface area contributed by atoms with E-state index >= 15 is 0 Å². The van der Waals surface area contributed by atoms with Crippen molar-refractivity contribution in [3.63, 3.8) is 0 Å². The van der Waals surface area contributed by atoms with Crippen LogP contribution in [-0.4, -0.2) is 47.8 Å². The van der Waals surface area contributed by atoms with Gasteiger partial charge in [-0.25, -0.2) is 9.59 Å². The number of anilines is 1. The average Bonchev–Trinajstić information content (AvgIpc) is 2.49. The van der Waals surface area contributed by atoms with Crippen LogP contribution in [0.2, 0.25) is 0 Å². The number of amides is 2. The number of hydrogen-bond acceptors (Lipinski definition) is 3. The van der Waals surface area contributed by atoms with Gasteiger partial charge in [0.15, 0.2) is 0 Å². The van der Waals surface area contributed by atoms with Crippen molar-refractivity contribution in [2.24, 2.45) is 0 Å². The lowest BCUT2D eigenvalue weighted by Gasteiger charge is -2.31. The Morgan fingerprint density at radius 1 is 1.29 bits per heavy atom. The van der Waals surface area contributed by atoms with Gasteiger partial charge in [0.1, 0.15) is 0 Å². The van der Waals surface area contributed by atoms with E-state index in [2.05, 4.69) is 5.32 Å². The smallest absolute Gasteiger partial charge is 0.335 e. The second-order valence-corrected chi connectivity index (χ2v) is 4.95. The van der Waals surface area contributed by atoms with Crippen LogP contribution >= 0.6 is 0 Å². The molecule has 2 rings (SSSR count). The second kappa shape index (κ2) is 7.08. The lowest BCUT2D eigenvalue weighted by Crippen LogP contribution is -2.43. The molecule has 0 spiro atoms. The molecule has 2 amide bonds. The molecular weight excluding hydrogens is 272 g/mol. The molecule has 0 aliphatic carbocycles.